The highest BCUT2D eigenvalue weighted by atomic mass is 16.5. The van der Waals surface area contributed by atoms with E-state index >= 15 is 0 Å². The SMILES string of the molecule is COc1ccc(OC)c(-c2ccc(=O)n(CC(=O)NCCOc3ccc4nnc(-c5ccccc5)n4n3)n2)c1. The summed E-state index contributed by atoms with van der Waals surface area (Å²) in [6, 6.07) is 21.2. The van der Waals surface area contributed by atoms with Crippen molar-refractivity contribution in [2.75, 3.05) is 27.4 Å². The molecule has 5 rings (SSSR count). The van der Waals surface area contributed by atoms with Gasteiger partial charge in [0.25, 0.3) is 5.56 Å². The van der Waals surface area contributed by atoms with Crippen LogP contribution in [-0.4, -0.2) is 62.9 Å². The number of nitrogens with one attached hydrogen (secondary N) is 1. The number of nitrogens with zero attached hydrogens (tertiary/aromatic N) is 6. The Labute approximate surface area is 222 Å². The minimum absolute atomic E-state index is 0.163. The summed E-state index contributed by atoms with van der Waals surface area (Å²) in [6.07, 6.45) is 0. The van der Waals surface area contributed by atoms with E-state index in [-0.39, 0.29) is 19.7 Å². The maximum absolute atomic E-state index is 12.5. The summed E-state index contributed by atoms with van der Waals surface area (Å²) >= 11 is 0. The van der Waals surface area contributed by atoms with E-state index in [0.29, 0.717) is 40.1 Å². The second-order valence-corrected chi connectivity index (χ2v) is 8.31. The molecule has 12 nitrogen and oxygen atoms in total. The van der Waals surface area contributed by atoms with Gasteiger partial charge in [0.15, 0.2) is 11.5 Å². The van der Waals surface area contributed by atoms with E-state index in [2.05, 4.69) is 25.7 Å². The van der Waals surface area contributed by atoms with Gasteiger partial charge in [-0.3, -0.25) is 9.59 Å². The van der Waals surface area contributed by atoms with Crippen LogP contribution in [-0.2, 0) is 11.3 Å². The minimum atomic E-state index is -0.410. The molecule has 0 unspecified atom stereocenters. The van der Waals surface area contributed by atoms with Gasteiger partial charge in [-0.2, -0.15) is 9.61 Å². The zero-order chi connectivity index (χ0) is 27.2. The first-order valence-electron chi connectivity index (χ1n) is 12.0. The maximum Gasteiger partial charge on any atom is 0.267 e. The first kappa shape index (κ1) is 25.4. The van der Waals surface area contributed by atoms with Crippen LogP contribution in [0, 0.1) is 0 Å². The number of carbonyl (C=O) groups is 1. The van der Waals surface area contributed by atoms with Crippen molar-refractivity contribution in [1.82, 2.24) is 34.9 Å². The molecular weight excluding hydrogens is 502 g/mol. The summed E-state index contributed by atoms with van der Waals surface area (Å²) in [5.41, 5.74) is 2.15. The third kappa shape index (κ3) is 5.69. The summed E-state index contributed by atoms with van der Waals surface area (Å²) in [6.45, 7) is 0.102. The molecule has 0 aliphatic carbocycles. The molecule has 12 heteroatoms. The van der Waals surface area contributed by atoms with Crippen molar-refractivity contribution in [3.05, 3.63) is 83.2 Å². The van der Waals surface area contributed by atoms with Gasteiger partial charge in [0.2, 0.25) is 11.8 Å². The van der Waals surface area contributed by atoms with Gasteiger partial charge < -0.3 is 19.5 Å². The van der Waals surface area contributed by atoms with Gasteiger partial charge in [0.05, 0.1) is 26.5 Å². The Hall–Kier alpha value is -5.26. The van der Waals surface area contributed by atoms with Gasteiger partial charge in [-0.05, 0) is 30.3 Å². The summed E-state index contributed by atoms with van der Waals surface area (Å²) in [5.74, 6) is 1.72. The second-order valence-electron chi connectivity index (χ2n) is 8.31. The van der Waals surface area contributed by atoms with Crippen LogP contribution in [0.4, 0.5) is 0 Å². The average molecular weight is 528 g/mol. The number of benzene rings is 2. The van der Waals surface area contributed by atoms with Crippen LogP contribution in [0.2, 0.25) is 0 Å². The molecule has 39 heavy (non-hydrogen) atoms. The van der Waals surface area contributed by atoms with Gasteiger partial charge in [0, 0.05) is 23.3 Å². The molecule has 0 saturated carbocycles. The molecule has 3 aromatic heterocycles. The van der Waals surface area contributed by atoms with Crippen LogP contribution >= 0.6 is 0 Å². The molecule has 0 aliphatic rings. The predicted molar refractivity (Wildman–Crippen MR) is 142 cm³/mol. The van der Waals surface area contributed by atoms with E-state index in [0.717, 1.165) is 10.2 Å². The Morgan fingerprint density at radius 1 is 0.923 bits per heavy atom. The molecule has 0 fully saturated rings. The van der Waals surface area contributed by atoms with E-state index in [1.165, 1.54) is 6.07 Å². The Kier molecular flexibility index (Phi) is 7.44. The molecule has 3 heterocycles. The van der Waals surface area contributed by atoms with E-state index in [9.17, 15) is 9.59 Å². The molecule has 0 saturated heterocycles. The molecule has 5 aromatic rings. The molecule has 1 amide bonds. The third-order valence-electron chi connectivity index (χ3n) is 5.79. The Morgan fingerprint density at radius 2 is 1.77 bits per heavy atom. The zero-order valence-electron chi connectivity index (χ0n) is 21.3. The smallest absolute Gasteiger partial charge is 0.267 e. The standard InChI is InChI=1S/C27H25N7O5/c1-37-19-8-10-22(38-2)20(16-19)21-9-13-26(36)33(31-21)17-24(35)28-14-15-39-25-12-11-23-29-30-27(34(23)32-25)18-6-4-3-5-7-18/h3-13,16H,14-15,17H2,1-2H3,(H,28,35). The van der Waals surface area contributed by atoms with Crippen molar-refractivity contribution in [3.63, 3.8) is 0 Å². The van der Waals surface area contributed by atoms with Crippen LogP contribution in [0.1, 0.15) is 0 Å². The Balaban J connectivity index is 1.20. The van der Waals surface area contributed by atoms with Gasteiger partial charge in [-0.1, -0.05) is 30.3 Å². The fourth-order valence-electron chi connectivity index (χ4n) is 3.87. The number of fused-ring (bicyclic) bond motifs is 1. The second kappa shape index (κ2) is 11.4. The highest BCUT2D eigenvalue weighted by Crippen LogP contribution is 2.31. The fraction of sp³-hybridized carbons (Fsp3) is 0.185. The number of amides is 1. The summed E-state index contributed by atoms with van der Waals surface area (Å²) in [4.78, 5) is 24.9. The van der Waals surface area contributed by atoms with Crippen LogP contribution in [0.5, 0.6) is 17.4 Å². The molecule has 1 N–H and O–H groups in total. The minimum Gasteiger partial charge on any atom is -0.497 e. The first-order valence-corrected chi connectivity index (χ1v) is 12.0. The fourth-order valence-corrected chi connectivity index (χ4v) is 3.87. The van der Waals surface area contributed by atoms with Crippen LogP contribution in [0.3, 0.4) is 0 Å². The molecule has 0 spiro atoms. The van der Waals surface area contributed by atoms with Crippen LogP contribution in [0.15, 0.2) is 77.6 Å². The summed E-state index contributed by atoms with van der Waals surface area (Å²) in [5, 5.41) is 19.9. The molecule has 0 aliphatic heterocycles. The maximum atomic E-state index is 12.5. The molecular formula is C27H25N7O5. The number of ether oxygens (including phenoxy) is 3. The highest BCUT2D eigenvalue weighted by Gasteiger charge is 2.13. The van der Waals surface area contributed by atoms with Gasteiger partial charge >= 0.3 is 0 Å². The number of rotatable bonds is 10. The Bertz CT molecular complexity index is 1670. The number of hydrogen-bond acceptors (Lipinski definition) is 9. The average Bonchev–Trinajstić information content (AvgIpc) is 3.40. The lowest BCUT2D eigenvalue weighted by atomic mass is 10.1. The van der Waals surface area contributed by atoms with Crippen LogP contribution in [0.25, 0.3) is 28.3 Å². The largest absolute Gasteiger partial charge is 0.497 e. The van der Waals surface area contributed by atoms with Gasteiger partial charge in [-0.25, -0.2) is 4.68 Å². The van der Waals surface area contributed by atoms with E-state index in [4.69, 9.17) is 14.2 Å². The first-order chi connectivity index (χ1) is 19.1. The Morgan fingerprint density at radius 3 is 2.56 bits per heavy atom. The number of methoxy groups -OCH3 is 2. The van der Waals surface area contributed by atoms with Crippen molar-refractivity contribution in [2.45, 2.75) is 6.54 Å². The summed E-state index contributed by atoms with van der Waals surface area (Å²) < 4.78 is 19.1. The number of aromatic nitrogens is 6. The molecule has 0 bridgehead atoms. The lowest BCUT2D eigenvalue weighted by Crippen LogP contribution is -2.35. The topological polar surface area (TPSA) is 135 Å². The van der Waals surface area contributed by atoms with Crippen molar-refractivity contribution >= 4 is 11.6 Å². The van der Waals surface area contributed by atoms with Crippen molar-refractivity contribution < 1.29 is 19.0 Å². The lowest BCUT2D eigenvalue weighted by molar-refractivity contribution is -0.122. The molecule has 0 atom stereocenters. The number of carbonyl (C=O) groups excluding carboxylic acids is 1. The van der Waals surface area contributed by atoms with Gasteiger partial charge in [0.1, 0.15) is 24.7 Å². The molecule has 0 radical (unpaired) electrons. The van der Waals surface area contributed by atoms with Crippen molar-refractivity contribution in [1.29, 1.82) is 0 Å². The normalized spacial score (nSPS) is 10.8. The predicted octanol–water partition coefficient (Wildman–Crippen LogP) is 2.23. The van der Waals surface area contributed by atoms with E-state index < -0.39 is 11.5 Å². The monoisotopic (exact) mass is 527 g/mol. The molecule has 2 aromatic carbocycles. The van der Waals surface area contributed by atoms with E-state index in [1.54, 1.807) is 55.1 Å². The van der Waals surface area contributed by atoms with E-state index in [1.807, 2.05) is 30.3 Å². The quantitative estimate of drug-likeness (QED) is 0.271. The third-order valence-corrected chi connectivity index (χ3v) is 5.79. The lowest BCUT2D eigenvalue weighted by Gasteiger charge is -2.12. The zero-order valence-corrected chi connectivity index (χ0v) is 21.3. The van der Waals surface area contributed by atoms with Crippen LogP contribution < -0.4 is 25.1 Å². The van der Waals surface area contributed by atoms with Gasteiger partial charge in [-0.15, -0.1) is 15.3 Å². The summed E-state index contributed by atoms with van der Waals surface area (Å²) in [7, 11) is 3.10. The molecule has 198 valence electrons. The van der Waals surface area contributed by atoms with Crippen molar-refractivity contribution in [3.8, 4) is 40.0 Å². The highest BCUT2D eigenvalue weighted by molar-refractivity contribution is 5.75. The number of hydrogen-bond donors (Lipinski definition) is 1. The van der Waals surface area contributed by atoms with Crippen molar-refractivity contribution in [2.24, 2.45) is 0 Å².